The number of nitrogens with zero attached hydrogens (tertiary/aromatic N) is 4. The van der Waals surface area contributed by atoms with Gasteiger partial charge in [-0.3, -0.25) is 9.80 Å². The smallest absolute Gasteiger partial charge is 0.138 e. The Morgan fingerprint density at radius 1 is 0.773 bits per heavy atom. The minimum atomic E-state index is 0.0661. The molecule has 2 aliphatic carbocycles. The number of anilines is 2. The third kappa shape index (κ3) is 2.37. The minimum absolute atomic E-state index is 0.0661. The zero-order valence-corrected chi connectivity index (χ0v) is 25.6. The number of para-hydroxylation sites is 2. The van der Waals surface area contributed by atoms with E-state index >= 15 is 0 Å². The summed E-state index contributed by atoms with van der Waals surface area (Å²) in [6.07, 6.45) is 9.77. The maximum atomic E-state index is 10.3. The highest BCUT2D eigenvalue weighted by Crippen LogP contribution is 2.72. The standard InChI is InChI=1S/C38H42N4O2/c1-2-21-19-39-14-12-37-25-7-3-5-9-27(25)41-33(37)31(23(21)17-29(37)39)35-42-28-10-6-4-8-26(28)38-13-15-40-20-22(11-16-43)24(18-30(38)40)32(34(38)42)36(41)44-35/h2-11,23-24,29-36,43H,12-20H2,1H3/t23-,24+,29-,30-,31-,32?,33-,34-,35+,36?,37+,38+/m0/s1. The van der Waals surface area contributed by atoms with Crippen molar-refractivity contribution in [3.8, 4) is 0 Å². The Morgan fingerprint density at radius 3 is 1.84 bits per heavy atom. The average Bonchev–Trinajstić information content (AvgIpc) is 3.81. The lowest BCUT2D eigenvalue weighted by molar-refractivity contribution is -0.198. The van der Waals surface area contributed by atoms with Crippen molar-refractivity contribution in [1.82, 2.24) is 9.80 Å². The topological polar surface area (TPSA) is 42.4 Å². The van der Waals surface area contributed by atoms with Crippen LogP contribution in [0.4, 0.5) is 11.4 Å². The van der Waals surface area contributed by atoms with E-state index in [4.69, 9.17) is 4.74 Å². The summed E-state index contributed by atoms with van der Waals surface area (Å²) in [6, 6.07) is 21.2. The molecule has 12 rings (SSSR count). The predicted molar refractivity (Wildman–Crippen MR) is 170 cm³/mol. The van der Waals surface area contributed by atoms with Crippen molar-refractivity contribution >= 4 is 11.4 Å². The van der Waals surface area contributed by atoms with Gasteiger partial charge in [-0.1, -0.05) is 59.7 Å². The van der Waals surface area contributed by atoms with Crippen LogP contribution in [0.25, 0.3) is 0 Å². The monoisotopic (exact) mass is 586 g/mol. The molecule has 0 radical (unpaired) electrons. The molecule has 8 fully saturated rings. The Balaban J connectivity index is 1.15. The molecular weight excluding hydrogens is 544 g/mol. The SMILES string of the molecule is CC=C1CN2CC[C@]34c5ccccc5N5C6O[C@H]([C@H]([C@H]53)[C@H]1C[C@H]24)N1c2ccccc2[C@]23CCN4CC(=CCO)[C@@H](C[C@H]42)C6[C@H]13. The van der Waals surface area contributed by atoms with Gasteiger partial charge < -0.3 is 19.6 Å². The van der Waals surface area contributed by atoms with Crippen LogP contribution in [0.2, 0.25) is 0 Å². The van der Waals surface area contributed by atoms with Crippen LogP contribution >= 0.6 is 0 Å². The number of benzene rings is 2. The van der Waals surface area contributed by atoms with Crippen molar-refractivity contribution in [1.29, 1.82) is 0 Å². The van der Waals surface area contributed by atoms with Gasteiger partial charge in [0.05, 0.1) is 18.7 Å². The van der Waals surface area contributed by atoms with Crippen LogP contribution in [0.5, 0.6) is 0 Å². The summed E-state index contributed by atoms with van der Waals surface area (Å²) >= 11 is 0. The van der Waals surface area contributed by atoms with Crippen molar-refractivity contribution in [2.45, 2.75) is 80.1 Å². The van der Waals surface area contributed by atoms with Gasteiger partial charge in [-0.2, -0.15) is 0 Å². The van der Waals surface area contributed by atoms with Gasteiger partial charge >= 0.3 is 0 Å². The Kier molecular flexibility index (Phi) is 4.37. The Hall–Kier alpha value is -2.64. The molecule has 6 heteroatoms. The molecule has 8 aliphatic heterocycles. The van der Waals surface area contributed by atoms with E-state index in [1.807, 2.05) is 0 Å². The number of hydrogen-bond acceptors (Lipinski definition) is 6. The maximum Gasteiger partial charge on any atom is 0.138 e. The third-order valence-electron chi connectivity index (χ3n) is 15.3. The van der Waals surface area contributed by atoms with E-state index < -0.39 is 0 Å². The molecule has 2 aromatic carbocycles. The van der Waals surface area contributed by atoms with E-state index in [0.29, 0.717) is 47.8 Å². The van der Waals surface area contributed by atoms with Crippen molar-refractivity contribution in [3.05, 3.63) is 83.0 Å². The molecule has 8 heterocycles. The summed E-state index contributed by atoms with van der Waals surface area (Å²) in [6.45, 7) is 6.94. The van der Waals surface area contributed by atoms with E-state index in [0.717, 1.165) is 19.6 Å². The van der Waals surface area contributed by atoms with Gasteiger partial charge in [-0.05, 0) is 80.8 Å². The van der Waals surface area contributed by atoms with E-state index in [1.54, 1.807) is 16.7 Å². The second-order valence-corrected chi connectivity index (χ2v) is 15.9. The van der Waals surface area contributed by atoms with Gasteiger partial charge in [-0.25, -0.2) is 0 Å². The number of rotatable bonds is 1. The Morgan fingerprint density at radius 2 is 1.30 bits per heavy atom. The molecule has 2 spiro atoms. The molecule has 6 saturated heterocycles. The van der Waals surface area contributed by atoms with Crippen LogP contribution in [0.1, 0.15) is 43.7 Å². The molecule has 2 unspecified atom stereocenters. The third-order valence-corrected chi connectivity index (χ3v) is 15.3. The number of aliphatic hydroxyl groups is 1. The maximum absolute atomic E-state index is 10.3. The second-order valence-electron chi connectivity index (χ2n) is 15.9. The lowest BCUT2D eigenvalue weighted by Gasteiger charge is -2.69. The predicted octanol–water partition coefficient (Wildman–Crippen LogP) is 4.25. The van der Waals surface area contributed by atoms with Crippen LogP contribution in [-0.4, -0.2) is 84.3 Å². The fourth-order valence-corrected chi connectivity index (χ4v) is 14.2. The quantitative estimate of drug-likeness (QED) is 0.505. The first-order valence-corrected chi connectivity index (χ1v) is 17.5. The summed E-state index contributed by atoms with van der Waals surface area (Å²) in [5.41, 5.74) is 9.63. The number of piperidine rings is 2. The number of fused-ring (bicyclic) bond motifs is 14. The van der Waals surface area contributed by atoms with Crippen molar-refractivity contribution in [2.75, 3.05) is 42.6 Å². The molecule has 44 heavy (non-hydrogen) atoms. The summed E-state index contributed by atoms with van der Waals surface area (Å²) in [5, 5.41) is 10.3. The van der Waals surface area contributed by atoms with Gasteiger partial charge in [0.15, 0.2) is 0 Å². The van der Waals surface area contributed by atoms with Crippen molar-refractivity contribution < 1.29 is 9.84 Å². The summed E-state index contributed by atoms with van der Waals surface area (Å²) in [4.78, 5) is 11.5. The van der Waals surface area contributed by atoms with Gasteiger partial charge in [0, 0.05) is 59.2 Å². The van der Waals surface area contributed by atoms with Gasteiger partial charge in [0.1, 0.15) is 12.5 Å². The molecule has 6 nitrogen and oxygen atoms in total. The Bertz CT molecular complexity index is 1690. The molecule has 0 amide bonds. The van der Waals surface area contributed by atoms with Crippen molar-refractivity contribution in [3.63, 3.8) is 0 Å². The fraction of sp³-hybridized carbons (Fsp3) is 0.579. The van der Waals surface area contributed by atoms with Crippen LogP contribution in [0.3, 0.4) is 0 Å². The number of hydrogen-bond donors (Lipinski definition) is 1. The highest BCUT2D eigenvalue weighted by Gasteiger charge is 2.78. The highest BCUT2D eigenvalue weighted by atomic mass is 16.5. The number of ether oxygens (including phenoxy) is 1. The Labute approximate surface area is 259 Å². The van der Waals surface area contributed by atoms with E-state index in [9.17, 15) is 5.11 Å². The normalized spacial score (nSPS) is 49.8. The highest BCUT2D eigenvalue weighted by molar-refractivity contribution is 5.73. The average molecular weight is 587 g/mol. The largest absolute Gasteiger partial charge is 0.392 e. The van der Waals surface area contributed by atoms with Crippen molar-refractivity contribution in [2.24, 2.45) is 23.7 Å². The van der Waals surface area contributed by atoms with Crippen LogP contribution < -0.4 is 9.80 Å². The van der Waals surface area contributed by atoms with E-state index in [-0.39, 0.29) is 29.9 Å². The minimum Gasteiger partial charge on any atom is -0.392 e. The molecule has 1 N–H and O–H groups in total. The van der Waals surface area contributed by atoms with Crippen LogP contribution in [0, 0.1) is 23.7 Å². The first kappa shape index (κ1) is 24.6. The zero-order valence-electron chi connectivity index (χ0n) is 25.6. The molecule has 0 aromatic heterocycles. The summed E-state index contributed by atoms with van der Waals surface area (Å²) in [7, 11) is 0. The molecule has 226 valence electrons. The lowest BCUT2D eigenvalue weighted by Crippen LogP contribution is -2.81. The van der Waals surface area contributed by atoms with Gasteiger partial charge in [0.2, 0.25) is 0 Å². The summed E-state index contributed by atoms with van der Waals surface area (Å²) < 4.78 is 7.75. The van der Waals surface area contributed by atoms with Gasteiger partial charge in [0.25, 0.3) is 0 Å². The molecular formula is C38H42N4O2. The fourth-order valence-electron chi connectivity index (χ4n) is 14.2. The molecule has 2 saturated carbocycles. The zero-order chi connectivity index (χ0) is 28.7. The van der Waals surface area contributed by atoms with Crippen LogP contribution in [-0.2, 0) is 15.6 Å². The molecule has 12 atom stereocenters. The second kappa shape index (κ2) is 7.83. The lowest BCUT2D eigenvalue weighted by atomic mass is 9.51. The van der Waals surface area contributed by atoms with E-state index in [1.165, 1.54) is 49.2 Å². The van der Waals surface area contributed by atoms with Gasteiger partial charge in [-0.15, -0.1) is 0 Å². The van der Waals surface area contributed by atoms with Crippen LogP contribution in [0.15, 0.2) is 71.8 Å². The molecule has 10 aliphatic rings. The number of aliphatic hydroxyl groups excluding tert-OH is 1. The first-order valence-electron chi connectivity index (χ1n) is 17.5. The molecule has 6 bridgehead atoms. The first-order chi connectivity index (χ1) is 21.7. The summed E-state index contributed by atoms with van der Waals surface area (Å²) in [5.74, 6) is 1.82. The number of allylic oxidation sites excluding steroid dienone is 1. The molecule has 2 aromatic rings. The van der Waals surface area contributed by atoms with E-state index in [2.05, 4.69) is 87.2 Å².